The van der Waals surface area contributed by atoms with Gasteiger partial charge in [-0.1, -0.05) is 32.8 Å². The van der Waals surface area contributed by atoms with Crippen molar-refractivity contribution in [3.63, 3.8) is 0 Å². The molecule has 5 heteroatoms. The average molecular weight is 401 g/mol. The lowest BCUT2D eigenvalue weighted by molar-refractivity contribution is 0.175. The van der Waals surface area contributed by atoms with E-state index in [1.54, 1.807) is 12.1 Å². The smallest absolute Gasteiger partial charge is 0.165 e. The van der Waals surface area contributed by atoms with Crippen molar-refractivity contribution in [3.8, 4) is 5.75 Å². The molecule has 1 aromatic rings. The van der Waals surface area contributed by atoms with Gasteiger partial charge in [-0.2, -0.15) is 0 Å². The number of halogens is 1. The highest BCUT2D eigenvalue weighted by Gasteiger charge is 2.18. The van der Waals surface area contributed by atoms with Gasteiger partial charge in [-0.3, -0.25) is 5.32 Å². The van der Waals surface area contributed by atoms with Gasteiger partial charge in [0.1, 0.15) is 0 Å². The fraction of sp³-hybridized carbons (Fsp3) is 0.739. The molecule has 166 valence electrons. The van der Waals surface area contributed by atoms with Gasteiger partial charge in [0, 0.05) is 14.4 Å². The minimum Gasteiger partial charge on any atom is -0.490 e. The molecule has 0 aliphatic heterocycles. The SMILES string of the molecule is CC(C)NCCCCC(C)(C)NCO.Cc1ccc(F)c(OCC2CCC2)c1.[HH].[HH]. The summed E-state index contributed by atoms with van der Waals surface area (Å²) in [5, 5.41) is 15.2. The molecule has 0 heterocycles. The fourth-order valence-electron chi connectivity index (χ4n) is 2.97. The standard InChI is InChI=1S/C12H15FO.C11H26N2O.2H2/c1-9-5-6-11(13)12(7-9)14-8-10-3-2-4-10;1-10(2)12-8-6-5-7-11(3,4)13-9-14;;/h5-7,10H,2-4,8H2,1H3;10,12-14H,5-9H2,1-4H3;2*1H. The number of unbranched alkanes of at least 4 members (excludes halogenated alkanes) is 1. The summed E-state index contributed by atoms with van der Waals surface area (Å²) in [6.45, 7) is 12.3. The number of benzene rings is 1. The van der Waals surface area contributed by atoms with Gasteiger partial charge in [0.15, 0.2) is 11.6 Å². The predicted octanol–water partition coefficient (Wildman–Crippen LogP) is 5.28. The highest BCUT2D eigenvalue weighted by atomic mass is 19.1. The number of aryl methyl sites for hydroxylation is 1. The number of hydrogen-bond donors (Lipinski definition) is 3. The Kier molecular flexibility index (Phi) is 11.7. The van der Waals surface area contributed by atoms with Crippen molar-refractivity contribution in [1.29, 1.82) is 0 Å². The van der Waals surface area contributed by atoms with Crippen LogP contribution in [0.1, 0.15) is 74.6 Å². The molecular weight excluding hydrogens is 355 g/mol. The van der Waals surface area contributed by atoms with Crippen molar-refractivity contribution >= 4 is 0 Å². The van der Waals surface area contributed by atoms with Crippen LogP contribution in [0.15, 0.2) is 18.2 Å². The zero-order valence-corrected chi connectivity index (χ0v) is 18.5. The van der Waals surface area contributed by atoms with E-state index in [0.29, 0.717) is 24.3 Å². The molecule has 3 N–H and O–H groups in total. The molecule has 1 fully saturated rings. The first kappa shape index (κ1) is 24.9. The second-order valence-electron chi connectivity index (χ2n) is 8.83. The first-order valence-electron chi connectivity index (χ1n) is 10.7. The van der Waals surface area contributed by atoms with Gasteiger partial charge in [0.25, 0.3) is 0 Å². The monoisotopic (exact) mass is 400 g/mol. The van der Waals surface area contributed by atoms with Gasteiger partial charge in [-0.25, -0.2) is 4.39 Å². The third kappa shape index (κ3) is 11.0. The molecule has 4 nitrogen and oxygen atoms in total. The topological polar surface area (TPSA) is 53.5 Å². The lowest BCUT2D eigenvalue weighted by atomic mass is 9.86. The Hall–Kier alpha value is -1.17. The quantitative estimate of drug-likeness (QED) is 0.349. The molecule has 0 radical (unpaired) electrons. The van der Waals surface area contributed by atoms with Crippen LogP contribution >= 0.6 is 0 Å². The molecule has 0 atom stereocenters. The van der Waals surface area contributed by atoms with Crippen LogP contribution < -0.4 is 15.4 Å². The number of hydrogen-bond acceptors (Lipinski definition) is 4. The molecular formula is C23H45FN2O2. The van der Waals surface area contributed by atoms with E-state index in [9.17, 15) is 4.39 Å². The second-order valence-corrected chi connectivity index (χ2v) is 8.83. The molecule has 0 bridgehead atoms. The Balaban J connectivity index is 0. The zero-order valence-electron chi connectivity index (χ0n) is 18.5. The van der Waals surface area contributed by atoms with Crippen LogP contribution in [0.25, 0.3) is 0 Å². The molecule has 1 aliphatic rings. The molecule has 28 heavy (non-hydrogen) atoms. The number of ether oxygens (including phenoxy) is 1. The lowest BCUT2D eigenvalue weighted by Gasteiger charge is -2.25. The van der Waals surface area contributed by atoms with Crippen molar-refractivity contribution in [1.82, 2.24) is 10.6 Å². The highest BCUT2D eigenvalue weighted by molar-refractivity contribution is 5.29. The van der Waals surface area contributed by atoms with Crippen molar-refractivity contribution in [2.45, 2.75) is 84.7 Å². The largest absolute Gasteiger partial charge is 0.490 e. The molecule has 1 aromatic carbocycles. The molecule has 1 saturated carbocycles. The van der Waals surface area contributed by atoms with Crippen LogP contribution in [0.4, 0.5) is 4.39 Å². The maximum Gasteiger partial charge on any atom is 0.165 e. The first-order chi connectivity index (χ1) is 13.2. The molecule has 1 aliphatic carbocycles. The minimum absolute atomic E-state index is 0. The summed E-state index contributed by atoms with van der Waals surface area (Å²) in [5.41, 5.74) is 1.10. The predicted molar refractivity (Wildman–Crippen MR) is 119 cm³/mol. The van der Waals surface area contributed by atoms with E-state index in [1.807, 2.05) is 6.92 Å². The van der Waals surface area contributed by atoms with Gasteiger partial charge in [-0.05, 0) is 76.6 Å². The third-order valence-electron chi connectivity index (χ3n) is 5.12. The lowest BCUT2D eigenvalue weighted by Crippen LogP contribution is -2.39. The maximum atomic E-state index is 13.2. The molecule has 2 rings (SSSR count). The van der Waals surface area contributed by atoms with E-state index < -0.39 is 0 Å². The summed E-state index contributed by atoms with van der Waals surface area (Å²) >= 11 is 0. The Bertz CT molecular complexity index is 556. The Morgan fingerprint density at radius 1 is 1.29 bits per heavy atom. The number of rotatable bonds is 11. The van der Waals surface area contributed by atoms with Crippen molar-refractivity contribution in [2.24, 2.45) is 5.92 Å². The summed E-state index contributed by atoms with van der Waals surface area (Å²) in [7, 11) is 0. The van der Waals surface area contributed by atoms with Gasteiger partial charge in [0.2, 0.25) is 0 Å². The Morgan fingerprint density at radius 3 is 2.57 bits per heavy atom. The van der Waals surface area contributed by atoms with Crippen LogP contribution in [0.5, 0.6) is 5.75 Å². The fourth-order valence-corrected chi connectivity index (χ4v) is 2.97. The van der Waals surface area contributed by atoms with Gasteiger partial charge in [0.05, 0.1) is 13.3 Å². The zero-order chi connectivity index (χ0) is 21.0. The van der Waals surface area contributed by atoms with E-state index >= 15 is 0 Å². The summed E-state index contributed by atoms with van der Waals surface area (Å²) in [6, 6.07) is 5.56. The normalized spacial score (nSPS) is 14.4. The average Bonchev–Trinajstić information content (AvgIpc) is 2.56. The number of aliphatic hydroxyl groups is 1. The van der Waals surface area contributed by atoms with Crippen LogP contribution in [-0.4, -0.2) is 36.6 Å². The van der Waals surface area contributed by atoms with Crippen LogP contribution in [0, 0.1) is 18.7 Å². The maximum absolute atomic E-state index is 13.2. The minimum atomic E-state index is -0.255. The Labute approximate surface area is 174 Å². The summed E-state index contributed by atoms with van der Waals surface area (Å²) in [5.74, 6) is 0.793. The Morgan fingerprint density at radius 2 is 2.00 bits per heavy atom. The third-order valence-corrected chi connectivity index (χ3v) is 5.12. The van der Waals surface area contributed by atoms with Gasteiger partial charge in [-0.15, -0.1) is 0 Å². The first-order valence-corrected chi connectivity index (χ1v) is 10.7. The number of aliphatic hydroxyl groups excluding tert-OH is 1. The van der Waals surface area contributed by atoms with E-state index in [2.05, 4.69) is 38.3 Å². The van der Waals surface area contributed by atoms with E-state index in [4.69, 9.17) is 9.84 Å². The van der Waals surface area contributed by atoms with Crippen LogP contribution in [0.2, 0.25) is 0 Å². The van der Waals surface area contributed by atoms with E-state index in [0.717, 1.165) is 18.5 Å². The van der Waals surface area contributed by atoms with Crippen molar-refractivity contribution in [3.05, 3.63) is 29.6 Å². The van der Waals surface area contributed by atoms with Crippen molar-refractivity contribution in [2.75, 3.05) is 19.9 Å². The van der Waals surface area contributed by atoms with Crippen LogP contribution in [-0.2, 0) is 0 Å². The summed E-state index contributed by atoms with van der Waals surface area (Å²) in [4.78, 5) is 0. The molecule has 0 saturated heterocycles. The van der Waals surface area contributed by atoms with E-state index in [1.165, 1.54) is 38.2 Å². The van der Waals surface area contributed by atoms with Gasteiger partial charge < -0.3 is 15.2 Å². The molecule has 0 amide bonds. The van der Waals surface area contributed by atoms with Crippen molar-refractivity contribution < 1.29 is 17.1 Å². The summed E-state index contributed by atoms with van der Waals surface area (Å²) in [6.07, 6.45) is 7.26. The van der Waals surface area contributed by atoms with E-state index in [-0.39, 0.29) is 20.9 Å². The van der Waals surface area contributed by atoms with Gasteiger partial charge >= 0.3 is 0 Å². The second kappa shape index (κ2) is 13.1. The summed E-state index contributed by atoms with van der Waals surface area (Å²) < 4.78 is 18.7. The highest BCUT2D eigenvalue weighted by Crippen LogP contribution is 2.28. The molecule has 0 unspecified atom stereocenters. The number of nitrogens with one attached hydrogen (secondary N) is 2. The molecule has 0 spiro atoms. The van der Waals surface area contributed by atoms with Crippen LogP contribution in [0.3, 0.4) is 0 Å². The molecule has 0 aromatic heterocycles.